The molecule has 3 nitrogen and oxygen atoms in total. The maximum Gasteiger partial charge on any atom is 0.417 e. The molecule has 0 spiro atoms. The molecule has 4 atom stereocenters. The Labute approximate surface area is 146 Å². The van der Waals surface area contributed by atoms with Crippen LogP contribution in [-0.2, 0) is 16.5 Å². The van der Waals surface area contributed by atoms with Crippen LogP contribution < -0.4 is 4.72 Å². The topological polar surface area (TPSA) is 49.3 Å². The van der Waals surface area contributed by atoms with E-state index in [9.17, 15) is 26.9 Å². The van der Waals surface area contributed by atoms with Crippen molar-refractivity contribution in [3.63, 3.8) is 0 Å². The van der Waals surface area contributed by atoms with E-state index in [4.69, 9.17) is 0 Å². The highest BCUT2D eigenvalue weighted by atomic mass is 32.2. The quantitative estimate of drug-likeness (QED) is 0.756. The van der Waals surface area contributed by atoms with Crippen molar-refractivity contribution < 1.29 is 31.3 Å². The monoisotopic (exact) mass is 387 g/mol. The van der Waals surface area contributed by atoms with Gasteiger partial charge in [0.1, 0.15) is 5.82 Å². The summed E-state index contributed by atoms with van der Waals surface area (Å²) < 4.78 is 82.2. The Hall–Kier alpha value is -1.06. The van der Waals surface area contributed by atoms with E-state index in [1.165, 1.54) is 32.9 Å². The van der Waals surface area contributed by atoms with E-state index in [-0.39, 0.29) is 0 Å². The Kier molecular flexibility index (Phi) is 6.09. The Morgan fingerprint density at radius 1 is 1.04 bits per heavy atom. The van der Waals surface area contributed by atoms with Gasteiger partial charge in [0, 0.05) is 5.56 Å². The zero-order valence-electron chi connectivity index (χ0n) is 14.5. The minimum absolute atomic E-state index is 0.471. The van der Waals surface area contributed by atoms with Gasteiger partial charge in [0.25, 0.3) is 0 Å². The van der Waals surface area contributed by atoms with Crippen LogP contribution in [0, 0.1) is 5.82 Å². The lowest BCUT2D eigenvalue weighted by Crippen LogP contribution is -2.65. The van der Waals surface area contributed by atoms with E-state index >= 15 is 4.39 Å². The van der Waals surface area contributed by atoms with Crippen molar-refractivity contribution >= 4 is 11.0 Å². The van der Waals surface area contributed by atoms with Crippen molar-refractivity contribution in [1.82, 2.24) is 4.72 Å². The average Bonchev–Trinajstić information content (AvgIpc) is 2.44. The van der Waals surface area contributed by atoms with E-state index in [0.717, 1.165) is 19.1 Å². The molecule has 0 aliphatic rings. The van der Waals surface area contributed by atoms with Crippen molar-refractivity contribution in [3.8, 4) is 0 Å². The molecule has 0 amide bonds. The number of nitrogens with one attached hydrogen (secondary N) is 1. The summed E-state index contributed by atoms with van der Waals surface area (Å²) in [7, 11) is -2.04. The molecular formula is C16H22F5NO2S. The molecule has 144 valence electrons. The van der Waals surface area contributed by atoms with Crippen LogP contribution in [0.25, 0.3) is 0 Å². The molecule has 0 unspecified atom stereocenters. The van der Waals surface area contributed by atoms with Gasteiger partial charge in [-0.1, -0.05) is 18.2 Å². The first-order valence-electron chi connectivity index (χ1n) is 7.43. The summed E-state index contributed by atoms with van der Waals surface area (Å²) in [6.45, 7) is 6.02. The molecule has 0 bridgehead atoms. The van der Waals surface area contributed by atoms with Crippen LogP contribution in [0.4, 0.5) is 22.0 Å². The van der Waals surface area contributed by atoms with Crippen LogP contribution in [0.3, 0.4) is 0 Å². The molecule has 9 heteroatoms. The Balaban J connectivity index is 3.59. The molecule has 0 saturated carbocycles. The molecule has 1 aromatic rings. The fraction of sp³-hybridized carbons (Fsp3) is 0.625. The first-order chi connectivity index (χ1) is 11.0. The maximum absolute atomic E-state index is 15.3. The van der Waals surface area contributed by atoms with E-state index in [2.05, 4.69) is 4.72 Å². The number of hydrogen-bond donors (Lipinski definition) is 2. The van der Waals surface area contributed by atoms with Crippen molar-refractivity contribution in [1.29, 1.82) is 0 Å². The van der Waals surface area contributed by atoms with Gasteiger partial charge >= 0.3 is 6.18 Å². The van der Waals surface area contributed by atoms with Gasteiger partial charge in [-0.25, -0.2) is 17.7 Å². The van der Waals surface area contributed by atoms with Gasteiger partial charge in [-0.2, -0.15) is 13.2 Å². The lowest BCUT2D eigenvalue weighted by atomic mass is 9.75. The average molecular weight is 387 g/mol. The second-order valence-corrected chi connectivity index (χ2v) is 9.07. The van der Waals surface area contributed by atoms with Crippen molar-refractivity contribution in [2.75, 3.05) is 0 Å². The largest absolute Gasteiger partial charge is 0.417 e. The lowest BCUT2D eigenvalue weighted by Gasteiger charge is -2.45. The Morgan fingerprint density at radius 2 is 1.52 bits per heavy atom. The molecule has 0 fully saturated rings. The van der Waals surface area contributed by atoms with Crippen LogP contribution in [0.15, 0.2) is 24.3 Å². The number of hydrogen-bond acceptors (Lipinski definition) is 2. The SMILES string of the molecule is CC(C)(C)[S@@](=O)N[C@](C)(c1ccccc1F)[C@@](C)(F)[C@H](O)C(F)(F)F. The van der Waals surface area contributed by atoms with Gasteiger partial charge in [-0.3, -0.25) is 0 Å². The number of aliphatic hydroxyl groups excluding tert-OH is 1. The highest BCUT2D eigenvalue weighted by molar-refractivity contribution is 7.84. The smallest absolute Gasteiger partial charge is 0.381 e. The summed E-state index contributed by atoms with van der Waals surface area (Å²) in [5.41, 5.74) is -6.32. The molecule has 0 aromatic heterocycles. The highest BCUT2D eigenvalue weighted by Crippen LogP contribution is 2.44. The molecule has 0 saturated heterocycles. The third-order valence-electron chi connectivity index (χ3n) is 4.07. The summed E-state index contributed by atoms with van der Waals surface area (Å²) in [6, 6.07) is 4.64. The first-order valence-corrected chi connectivity index (χ1v) is 8.58. The zero-order valence-corrected chi connectivity index (χ0v) is 15.4. The predicted molar refractivity (Wildman–Crippen MR) is 86.4 cm³/mol. The fourth-order valence-electron chi connectivity index (χ4n) is 2.20. The fourth-order valence-corrected chi connectivity index (χ4v) is 3.19. The van der Waals surface area contributed by atoms with Crippen LogP contribution in [0.1, 0.15) is 40.2 Å². The van der Waals surface area contributed by atoms with Crippen molar-refractivity contribution in [3.05, 3.63) is 35.6 Å². The minimum atomic E-state index is -5.29. The summed E-state index contributed by atoms with van der Waals surface area (Å²) in [6.07, 6.45) is -8.71. The summed E-state index contributed by atoms with van der Waals surface area (Å²) in [4.78, 5) is 0. The summed E-state index contributed by atoms with van der Waals surface area (Å²) in [5, 5.41) is 9.56. The third-order valence-corrected chi connectivity index (χ3v) is 5.77. The molecule has 0 aliphatic carbocycles. The molecule has 25 heavy (non-hydrogen) atoms. The maximum atomic E-state index is 15.3. The molecule has 0 aliphatic heterocycles. The van der Waals surface area contributed by atoms with Gasteiger partial charge in [0.2, 0.25) is 0 Å². The standard InChI is InChI=1S/C16H22F5NO2S/c1-13(2,3)25(24)22-15(5,10-8-6-7-9-11(10)17)14(4,18)12(23)16(19,20)21/h6-9,12,22-23H,1-5H3/t12-,14-,15+,25+/m0/s1. The van der Waals surface area contributed by atoms with E-state index in [0.29, 0.717) is 6.92 Å². The van der Waals surface area contributed by atoms with Crippen molar-refractivity contribution in [2.24, 2.45) is 0 Å². The Morgan fingerprint density at radius 3 is 1.92 bits per heavy atom. The normalized spacial score (nSPS) is 20.4. The van der Waals surface area contributed by atoms with Gasteiger partial charge in [0.05, 0.1) is 21.3 Å². The molecule has 1 aromatic carbocycles. The number of benzene rings is 1. The molecule has 0 radical (unpaired) electrons. The van der Waals surface area contributed by atoms with Crippen LogP contribution in [-0.4, -0.2) is 32.0 Å². The second-order valence-electron chi connectivity index (χ2n) is 7.11. The van der Waals surface area contributed by atoms with Crippen LogP contribution in [0.5, 0.6) is 0 Å². The van der Waals surface area contributed by atoms with Crippen LogP contribution >= 0.6 is 0 Å². The number of alkyl halides is 4. The van der Waals surface area contributed by atoms with Gasteiger partial charge in [0.15, 0.2) is 11.8 Å². The minimum Gasteiger partial charge on any atom is -0.381 e. The molecule has 0 heterocycles. The summed E-state index contributed by atoms with van der Waals surface area (Å²) in [5.74, 6) is -0.985. The summed E-state index contributed by atoms with van der Waals surface area (Å²) >= 11 is 0. The van der Waals surface area contributed by atoms with E-state index in [1.54, 1.807) is 0 Å². The van der Waals surface area contributed by atoms with E-state index in [1.807, 2.05) is 0 Å². The molecule has 2 N–H and O–H groups in total. The predicted octanol–water partition coefficient (Wildman–Crippen LogP) is 3.74. The number of aliphatic hydroxyl groups is 1. The second kappa shape index (κ2) is 6.92. The Bertz CT molecular complexity index is 642. The number of rotatable bonds is 5. The first kappa shape index (κ1) is 22.0. The van der Waals surface area contributed by atoms with E-state index < -0.39 is 50.6 Å². The van der Waals surface area contributed by atoms with Gasteiger partial charge in [-0.05, 0) is 40.7 Å². The number of halogens is 5. The van der Waals surface area contributed by atoms with Gasteiger partial charge in [-0.15, -0.1) is 0 Å². The molecular weight excluding hydrogens is 365 g/mol. The lowest BCUT2D eigenvalue weighted by molar-refractivity contribution is -0.251. The third kappa shape index (κ3) is 4.38. The highest BCUT2D eigenvalue weighted by Gasteiger charge is 2.61. The van der Waals surface area contributed by atoms with Gasteiger partial charge < -0.3 is 5.11 Å². The van der Waals surface area contributed by atoms with Crippen LogP contribution in [0.2, 0.25) is 0 Å². The zero-order chi connectivity index (χ0) is 19.8. The van der Waals surface area contributed by atoms with Crippen molar-refractivity contribution in [2.45, 2.75) is 62.9 Å². The molecule has 1 rings (SSSR count).